The van der Waals surface area contributed by atoms with Crippen LogP contribution in [0.5, 0.6) is 17.4 Å². The monoisotopic (exact) mass is 447 g/mol. The summed E-state index contributed by atoms with van der Waals surface area (Å²) in [5, 5.41) is 0.410. The average molecular weight is 448 g/mol. The lowest BCUT2D eigenvalue weighted by Crippen LogP contribution is -2.38. The summed E-state index contributed by atoms with van der Waals surface area (Å²) < 4.78 is 16.4. The van der Waals surface area contributed by atoms with Gasteiger partial charge in [-0.25, -0.2) is 4.79 Å². The smallest absolute Gasteiger partial charge is 0.331 e. The van der Waals surface area contributed by atoms with Crippen molar-refractivity contribution in [2.75, 3.05) is 7.11 Å². The Hall–Kier alpha value is -3.74. The highest BCUT2D eigenvalue weighted by Crippen LogP contribution is 2.34. The fraction of sp³-hybridized carbons (Fsp3) is 0.308. The molecule has 2 heterocycles. The Morgan fingerprint density at radius 2 is 1.58 bits per heavy atom. The van der Waals surface area contributed by atoms with Crippen LogP contribution in [0.15, 0.2) is 64.2 Å². The van der Waals surface area contributed by atoms with Crippen molar-refractivity contribution in [3.63, 3.8) is 0 Å². The lowest BCUT2D eigenvalue weighted by Gasteiger charge is -2.13. The Bertz CT molecular complexity index is 1390. The number of aromatic nitrogens is 3. The van der Waals surface area contributed by atoms with Gasteiger partial charge in [-0.3, -0.25) is 13.9 Å². The largest absolute Gasteiger partial charge is 0.497 e. The number of benzene rings is 2. The molecular weight excluding hydrogens is 418 g/mol. The first-order valence-corrected chi connectivity index (χ1v) is 11.0. The maximum Gasteiger partial charge on any atom is 0.331 e. The molecule has 2 aromatic carbocycles. The summed E-state index contributed by atoms with van der Waals surface area (Å²) >= 11 is 0. The first-order valence-electron chi connectivity index (χ1n) is 11.0. The van der Waals surface area contributed by atoms with E-state index in [1.807, 2.05) is 66.1 Å². The van der Waals surface area contributed by atoms with Gasteiger partial charge in [0, 0.05) is 19.3 Å². The molecule has 4 aromatic rings. The number of aryl methyl sites for hydroxylation is 1. The Morgan fingerprint density at radius 3 is 2.18 bits per heavy atom. The summed E-state index contributed by atoms with van der Waals surface area (Å²) in [4.78, 5) is 26.4. The molecule has 0 bridgehead atoms. The van der Waals surface area contributed by atoms with Gasteiger partial charge in [-0.05, 0) is 42.7 Å². The van der Waals surface area contributed by atoms with Crippen LogP contribution in [0, 0.1) is 12.8 Å². The third-order valence-corrected chi connectivity index (χ3v) is 5.75. The Morgan fingerprint density at radius 1 is 0.909 bits per heavy atom. The molecule has 7 nitrogen and oxygen atoms in total. The molecule has 172 valence electrons. The third-order valence-electron chi connectivity index (χ3n) is 5.75. The van der Waals surface area contributed by atoms with Crippen LogP contribution in [0.1, 0.15) is 25.1 Å². The van der Waals surface area contributed by atoms with Gasteiger partial charge in [0.15, 0.2) is 0 Å². The highest BCUT2D eigenvalue weighted by atomic mass is 16.5. The second kappa shape index (κ2) is 9.02. The van der Waals surface area contributed by atoms with E-state index in [0.717, 1.165) is 17.0 Å². The van der Waals surface area contributed by atoms with Gasteiger partial charge in [0.2, 0.25) is 5.88 Å². The quantitative estimate of drug-likeness (QED) is 0.423. The standard InChI is InChI=1S/C26H29N3O4/c1-17(2)15-29-23-18(3)28(16-19-11-13-20(32-5)14-12-19)25(33-21-9-7-6-8-10-21)22(23)24(30)27(4)26(29)31/h6-14,17H,15-16H2,1-5H3. The van der Waals surface area contributed by atoms with Crippen LogP contribution in [0.25, 0.3) is 10.9 Å². The lowest BCUT2D eigenvalue weighted by atomic mass is 10.2. The minimum absolute atomic E-state index is 0.228. The molecule has 0 saturated carbocycles. The van der Waals surface area contributed by atoms with Crippen molar-refractivity contribution >= 4 is 10.9 Å². The van der Waals surface area contributed by atoms with Gasteiger partial charge in [0.05, 0.1) is 19.2 Å². The van der Waals surface area contributed by atoms with E-state index in [1.54, 1.807) is 11.7 Å². The summed E-state index contributed by atoms with van der Waals surface area (Å²) in [5.41, 5.74) is 1.76. The van der Waals surface area contributed by atoms with E-state index in [1.165, 1.54) is 11.6 Å². The SMILES string of the molecule is COc1ccc(Cn2c(Oc3ccccc3)c3c(=O)n(C)c(=O)n(CC(C)C)c3c2C)cc1. The minimum atomic E-state index is -0.363. The van der Waals surface area contributed by atoms with Crippen molar-refractivity contribution in [3.8, 4) is 17.4 Å². The van der Waals surface area contributed by atoms with E-state index in [0.29, 0.717) is 35.6 Å². The van der Waals surface area contributed by atoms with E-state index in [-0.39, 0.29) is 17.2 Å². The van der Waals surface area contributed by atoms with Gasteiger partial charge in [-0.15, -0.1) is 0 Å². The highest BCUT2D eigenvalue weighted by Gasteiger charge is 2.25. The molecule has 0 aliphatic rings. The third kappa shape index (κ3) is 4.18. The molecule has 0 unspecified atom stereocenters. The van der Waals surface area contributed by atoms with Crippen LogP contribution >= 0.6 is 0 Å². The second-order valence-electron chi connectivity index (χ2n) is 8.61. The van der Waals surface area contributed by atoms with Crippen LogP contribution in [-0.4, -0.2) is 20.8 Å². The number of para-hydroxylation sites is 1. The van der Waals surface area contributed by atoms with Gasteiger partial charge in [0.25, 0.3) is 5.56 Å². The number of ether oxygens (including phenoxy) is 2. The molecule has 0 atom stereocenters. The molecule has 0 fully saturated rings. The Kier molecular flexibility index (Phi) is 6.14. The molecule has 2 aromatic heterocycles. The van der Waals surface area contributed by atoms with Gasteiger partial charge >= 0.3 is 5.69 Å². The maximum atomic E-state index is 13.3. The number of rotatable bonds is 7. The summed E-state index contributed by atoms with van der Waals surface area (Å²) in [5.74, 6) is 2.05. The fourth-order valence-corrected chi connectivity index (χ4v) is 4.10. The van der Waals surface area contributed by atoms with Crippen LogP contribution in [-0.2, 0) is 20.1 Å². The van der Waals surface area contributed by atoms with Crippen molar-refractivity contribution in [2.24, 2.45) is 13.0 Å². The van der Waals surface area contributed by atoms with Crippen molar-refractivity contribution < 1.29 is 9.47 Å². The van der Waals surface area contributed by atoms with Crippen molar-refractivity contribution in [3.05, 3.63) is 86.7 Å². The van der Waals surface area contributed by atoms with E-state index < -0.39 is 0 Å². The number of methoxy groups -OCH3 is 1. The predicted molar refractivity (Wildman–Crippen MR) is 130 cm³/mol. The van der Waals surface area contributed by atoms with Gasteiger partial charge in [0.1, 0.15) is 16.9 Å². The van der Waals surface area contributed by atoms with E-state index >= 15 is 0 Å². The molecule has 4 rings (SSSR count). The second-order valence-corrected chi connectivity index (χ2v) is 8.61. The normalized spacial score (nSPS) is 11.3. The zero-order valence-electron chi connectivity index (χ0n) is 19.7. The van der Waals surface area contributed by atoms with Crippen LogP contribution in [0.4, 0.5) is 0 Å². The van der Waals surface area contributed by atoms with E-state index in [4.69, 9.17) is 9.47 Å². The maximum absolute atomic E-state index is 13.3. The lowest BCUT2D eigenvalue weighted by molar-refractivity contribution is 0.414. The van der Waals surface area contributed by atoms with E-state index in [9.17, 15) is 9.59 Å². The minimum Gasteiger partial charge on any atom is -0.497 e. The summed E-state index contributed by atoms with van der Waals surface area (Å²) in [6.07, 6.45) is 0. The number of fused-ring (bicyclic) bond motifs is 1. The van der Waals surface area contributed by atoms with Crippen molar-refractivity contribution in [1.82, 2.24) is 13.7 Å². The highest BCUT2D eigenvalue weighted by molar-refractivity contribution is 5.87. The fourth-order valence-electron chi connectivity index (χ4n) is 4.10. The molecule has 0 radical (unpaired) electrons. The van der Waals surface area contributed by atoms with Gasteiger partial charge in [-0.2, -0.15) is 0 Å². The molecule has 0 aliphatic heterocycles. The Balaban J connectivity index is 2.00. The first kappa shape index (κ1) is 22.5. The molecule has 7 heteroatoms. The summed E-state index contributed by atoms with van der Waals surface area (Å²) in [7, 11) is 3.15. The van der Waals surface area contributed by atoms with Crippen LogP contribution in [0.3, 0.4) is 0 Å². The van der Waals surface area contributed by atoms with Crippen LogP contribution in [0.2, 0.25) is 0 Å². The zero-order chi connectivity index (χ0) is 23.7. The summed E-state index contributed by atoms with van der Waals surface area (Å²) in [6, 6.07) is 17.1. The molecule has 33 heavy (non-hydrogen) atoms. The summed E-state index contributed by atoms with van der Waals surface area (Å²) in [6.45, 7) is 7.01. The predicted octanol–water partition coefficient (Wildman–Crippen LogP) is 4.32. The van der Waals surface area contributed by atoms with Gasteiger partial charge < -0.3 is 14.0 Å². The molecular formula is C26H29N3O4. The average Bonchev–Trinajstić information content (AvgIpc) is 3.07. The zero-order valence-corrected chi connectivity index (χ0v) is 19.7. The molecule has 0 aliphatic carbocycles. The first-order chi connectivity index (χ1) is 15.8. The number of hydrogen-bond acceptors (Lipinski definition) is 4. The molecule has 0 spiro atoms. The molecule has 0 N–H and O–H groups in total. The topological polar surface area (TPSA) is 67.4 Å². The molecule has 0 amide bonds. The van der Waals surface area contributed by atoms with Gasteiger partial charge in [-0.1, -0.05) is 44.2 Å². The van der Waals surface area contributed by atoms with Crippen molar-refractivity contribution in [1.29, 1.82) is 0 Å². The number of hydrogen-bond donors (Lipinski definition) is 0. The van der Waals surface area contributed by atoms with Crippen LogP contribution < -0.4 is 20.7 Å². The Labute approximate surface area is 192 Å². The van der Waals surface area contributed by atoms with Crippen molar-refractivity contribution in [2.45, 2.75) is 33.9 Å². The van der Waals surface area contributed by atoms with E-state index in [2.05, 4.69) is 13.8 Å². The molecule has 0 saturated heterocycles. The number of nitrogens with zero attached hydrogens (tertiary/aromatic N) is 3.